The van der Waals surface area contributed by atoms with Gasteiger partial charge in [0.15, 0.2) is 5.82 Å². The summed E-state index contributed by atoms with van der Waals surface area (Å²) in [5.41, 5.74) is 1.83. The number of hydrogen-bond donors (Lipinski definition) is 1. The van der Waals surface area contributed by atoms with E-state index >= 15 is 0 Å². The van der Waals surface area contributed by atoms with E-state index in [4.69, 9.17) is 0 Å². The Bertz CT molecular complexity index is 1110. The molecule has 2 atom stereocenters. The van der Waals surface area contributed by atoms with Gasteiger partial charge < -0.3 is 5.11 Å². The molecule has 0 radical (unpaired) electrons. The highest BCUT2D eigenvalue weighted by molar-refractivity contribution is 7.89. The van der Waals surface area contributed by atoms with Crippen molar-refractivity contribution in [2.75, 3.05) is 6.54 Å². The van der Waals surface area contributed by atoms with Crippen LogP contribution in [-0.4, -0.2) is 45.2 Å². The van der Waals surface area contributed by atoms with Crippen molar-refractivity contribution < 1.29 is 13.5 Å². The molecule has 1 fully saturated rings. The first-order valence-electron chi connectivity index (χ1n) is 10.7. The summed E-state index contributed by atoms with van der Waals surface area (Å²) in [5.74, 6) is 0.577. The van der Waals surface area contributed by atoms with E-state index < -0.39 is 16.1 Å². The first kappa shape index (κ1) is 21.7. The Hall–Kier alpha value is -2.55. The molecule has 2 unspecified atom stereocenters. The van der Waals surface area contributed by atoms with Crippen molar-refractivity contribution >= 4 is 10.0 Å². The van der Waals surface area contributed by atoms with Gasteiger partial charge in [0.2, 0.25) is 10.0 Å². The average Bonchev–Trinajstić information content (AvgIpc) is 3.16. The lowest BCUT2D eigenvalue weighted by atomic mass is 9.99. The normalized spacial score (nSPS) is 19.1. The van der Waals surface area contributed by atoms with Gasteiger partial charge in [-0.05, 0) is 49.4 Å². The lowest BCUT2D eigenvalue weighted by Crippen LogP contribution is -2.40. The van der Waals surface area contributed by atoms with Gasteiger partial charge >= 0.3 is 0 Å². The summed E-state index contributed by atoms with van der Waals surface area (Å²) in [6.07, 6.45) is 7.72. The lowest BCUT2D eigenvalue weighted by molar-refractivity contribution is 0.132. The topological polar surface area (TPSA) is 88.3 Å². The van der Waals surface area contributed by atoms with Gasteiger partial charge in [0.1, 0.15) is 4.90 Å². The van der Waals surface area contributed by atoms with Crippen LogP contribution in [0.1, 0.15) is 49.3 Å². The van der Waals surface area contributed by atoms with Gasteiger partial charge in [0.05, 0.1) is 18.5 Å². The summed E-state index contributed by atoms with van der Waals surface area (Å²) in [6.45, 7) is 2.40. The van der Waals surface area contributed by atoms with Gasteiger partial charge in [0.25, 0.3) is 0 Å². The van der Waals surface area contributed by atoms with Crippen LogP contribution in [0.2, 0.25) is 0 Å². The van der Waals surface area contributed by atoms with Crippen LogP contribution in [0.15, 0.2) is 66.0 Å². The highest BCUT2D eigenvalue weighted by Gasteiger charge is 2.34. The summed E-state index contributed by atoms with van der Waals surface area (Å²) < 4.78 is 30.2. The highest BCUT2D eigenvalue weighted by Crippen LogP contribution is 2.30. The van der Waals surface area contributed by atoms with E-state index in [-0.39, 0.29) is 10.9 Å². The van der Waals surface area contributed by atoms with Gasteiger partial charge in [0, 0.05) is 18.8 Å². The number of hydrogen-bond acceptors (Lipinski definition) is 5. The van der Waals surface area contributed by atoms with E-state index in [9.17, 15) is 13.5 Å². The molecule has 1 aliphatic heterocycles. The molecule has 1 aliphatic rings. The molecule has 4 rings (SSSR count). The molecule has 7 nitrogen and oxygen atoms in total. The van der Waals surface area contributed by atoms with Crippen LogP contribution in [0.3, 0.4) is 0 Å². The van der Waals surface area contributed by atoms with Crippen molar-refractivity contribution in [3.63, 3.8) is 0 Å². The minimum absolute atomic E-state index is 0.150. The third-order valence-corrected chi connectivity index (χ3v) is 7.71. The summed E-state index contributed by atoms with van der Waals surface area (Å²) >= 11 is 0. The van der Waals surface area contributed by atoms with Crippen molar-refractivity contribution in [3.05, 3.63) is 72.2 Å². The van der Waals surface area contributed by atoms with E-state index in [2.05, 4.69) is 10.1 Å². The van der Waals surface area contributed by atoms with E-state index in [1.54, 1.807) is 10.5 Å². The summed E-state index contributed by atoms with van der Waals surface area (Å²) in [7, 11) is -3.75. The molecule has 1 saturated heterocycles. The Balaban J connectivity index is 1.60. The fraction of sp³-hybridized carbons (Fsp3) is 0.391. The molecule has 1 N–H and O–H groups in total. The van der Waals surface area contributed by atoms with Gasteiger partial charge in [-0.15, -0.1) is 0 Å². The molecule has 3 aromatic rings. The molecule has 0 bridgehead atoms. The molecule has 0 aliphatic carbocycles. The molecule has 8 heteroatoms. The number of pyridine rings is 1. The summed E-state index contributed by atoms with van der Waals surface area (Å²) in [5, 5.41) is 15.0. The lowest BCUT2D eigenvalue weighted by Gasteiger charge is -2.30. The molecule has 0 amide bonds. The number of nitrogens with zero attached hydrogens (tertiary/aromatic N) is 4. The van der Waals surface area contributed by atoms with Crippen molar-refractivity contribution in [3.8, 4) is 5.82 Å². The van der Waals surface area contributed by atoms with Crippen molar-refractivity contribution in [2.24, 2.45) is 0 Å². The molecule has 3 heterocycles. The smallest absolute Gasteiger partial charge is 0.246 e. The number of aliphatic hydroxyl groups excluding tert-OH is 1. The minimum atomic E-state index is -3.75. The number of benzene rings is 1. The maximum atomic E-state index is 13.6. The molecule has 0 spiro atoms. The zero-order chi connectivity index (χ0) is 21.8. The molecular formula is C23H28N4O3S. The van der Waals surface area contributed by atoms with Crippen molar-refractivity contribution in [1.29, 1.82) is 0 Å². The maximum Gasteiger partial charge on any atom is 0.246 e. The summed E-state index contributed by atoms with van der Waals surface area (Å²) in [6, 6.07) is 12.9. The third-order valence-electron chi connectivity index (χ3n) is 5.80. The second kappa shape index (κ2) is 9.30. The second-order valence-electron chi connectivity index (χ2n) is 8.09. The number of rotatable bonds is 6. The molecule has 0 saturated carbocycles. The van der Waals surface area contributed by atoms with E-state index in [0.717, 1.165) is 36.8 Å². The number of sulfonamides is 1. The Morgan fingerprint density at radius 3 is 2.74 bits per heavy atom. The van der Waals surface area contributed by atoms with Gasteiger partial charge in [-0.3, -0.25) is 0 Å². The van der Waals surface area contributed by atoms with Crippen LogP contribution >= 0.6 is 0 Å². The van der Waals surface area contributed by atoms with Crippen LogP contribution < -0.4 is 0 Å². The highest BCUT2D eigenvalue weighted by atomic mass is 32.2. The van der Waals surface area contributed by atoms with E-state index in [0.29, 0.717) is 18.8 Å². The van der Waals surface area contributed by atoms with Gasteiger partial charge in [-0.1, -0.05) is 43.2 Å². The van der Waals surface area contributed by atoms with Crippen LogP contribution in [0.5, 0.6) is 0 Å². The largest absolute Gasteiger partial charge is 0.388 e. The molecule has 2 aromatic heterocycles. The van der Waals surface area contributed by atoms with Crippen LogP contribution in [0.4, 0.5) is 0 Å². The van der Waals surface area contributed by atoms with Crippen LogP contribution in [0.25, 0.3) is 5.82 Å². The number of aromatic nitrogens is 3. The fourth-order valence-electron chi connectivity index (χ4n) is 4.12. The van der Waals surface area contributed by atoms with Gasteiger partial charge in [-0.2, -0.15) is 9.40 Å². The second-order valence-corrected chi connectivity index (χ2v) is 9.98. The molecule has 1 aromatic carbocycles. The zero-order valence-electron chi connectivity index (χ0n) is 17.6. The maximum absolute atomic E-state index is 13.6. The third kappa shape index (κ3) is 4.87. The predicted octanol–water partition coefficient (Wildman–Crippen LogP) is 3.63. The zero-order valence-corrected chi connectivity index (χ0v) is 18.4. The van der Waals surface area contributed by atoms with Crippen LogP contribution in [-0.2, 0) is 10.0 Å². The molecular weight excluding hydrogens is 412 g/mol. The Kier molecular flexibility index (Phi) is 6.50. The molecule has 164 valence electrons. The van der Waals surface area contributed by atoms with Crippen molar-refractivity contribution in [2.45, 2.75) is 56.1 Å². The monoisotopic (exact) mass is 440 g/mol. The Morgan fingerprint density at radius 2 is 1.97 bits per heavy atom. The standard InChI is InChI=1S/C23H28N4O3S/c1-18-11-12-24-23(14-18)26-17-21(16-25-26)31(29,30)27-13-7-3-6-10-20(27)15-22(28)19-8-4-2-5-9-19/h2,4-5,8-9,11-12,14,16-17,20,22,28H,3,6-7,10,13,15H2,1H3. The van der Waals surface area contributed by atoms with Crippen LogP contribution in [0, 0.1) is 6.92 Å². The minimum Gasteiger partial charge on any atom is -0.388 e. The molecule has 31 heavy (non-hydrogen) atoms. The fourth-order valence-corrected chi connectivity index (χ4v) is 5.76. The van der Waals surface area contributed by atoms with Gasteiger partial charge in [-0.25, -0.2) is 18.1 Å². The van der Waals surface area contributed by atoms with E-state index in [1.165, 1.54) is 17.1 Å². The first-order chi connectivity index (χ1) is 14.9. The predicted molar refractivity (Wildman–Crippen MR) is 118 cm³/mol. The first-order valence-corrected chi connectivity index (χ1v) is 12.1. The Labute approximate surface area is 183 Å². The van der Waals surface area contributed by atoms with E-state index in [1.807, 2.05) is 49.4 Å². The number of aryl methyl sites for hydroxylation is 1. The SMILES string of the molecule is Cc1ccnc(-n2cc(S(=O)(=O)N3CCCCCC3CC(O)c3ccccc3)cn2)c1. The van der Waals surface area contributed by atoms with Crippen molar-refractivity contribution in [1.82, 2.24) is 19.1 Å². The summed E-state index contributed by atoms with van der Waals surface area (Å²) in [4.78, 5) is 4.43. The number of aliphatic hydroxyl groups is 1. The quantitative estimate of drug-likeness (QED) is 0.632. The average molecular weight is 441 g/mol. The Morgan fingerprint density at radius 1 is 1.16 bits per heavy atom.